The van der Waals surface area contributed by atoms with Crippen molar-refractivity contribution >= 4 is 29.4 Å². The van der Waals surface area contributed by atoms with Crippen molar-refractivity contribution in [1.29, 1.82) is 0 Å². The number of anilines is 1. The minimum Gasteiger partial charge on any atom is -0.480 e. The van der Waals surface area contributed by atoms with Gasteiger partial charge in [0.1, 0.15) is 5.02 Å². The standard InChI is InChI=1S/C19H24ClN5O3/c1-3-15(26)25-10-19(11-25)6-12(7-19)17(27)24-5-4-13(9-24)22-18-21-8-14(20)16(23-18)28-2/h3,8,12-13H,1,4-7,9-11H2,2H3,(H,21,22,23)/t13-/m0/s1. The van der Waals surface area contributed by atoms with Crippen molar-refractivity contribution < 1.29 is 14.3 Å². The summed E-state index contributed by atoms with van der Waals surface area (Å²) in [6.45, 7) is 6.39. The van der Waals surface area contributed by atoms with Gasteiger partial charge in [0.25, 0.3) is 0 Å². The summed E-state index contributed by atoms with van der Waals surface area (Å²) in [5.41, 5.74) is 0.157. The highest BCUT2D eigenvalue weighted by atomic mass is 35.5. The van der Waals surface area contributed by atoms with Crippen LogP contribution in [0, 0.1) is 11.3 Å². The van der Waals surface area contributed by atoms with Crippen molar-refractivity contribution in [2.45, 2.75) is 25.3 Å². The van der Waals surface area contributed by atoms with Crippen LogP contribution in [-0.2, 0) is 9.59 Å². The predicted molar refractivity (Wildman–Crippen MR) is 104 cm³/mol. The van der Waals surface area contributed by atoms with Gasteiger partial charge in [0.2, 0.25) is 23.6 Å². The molecule has 3 heterocycles. The third kappa shape index (κ3) is 3.41. The zero-order valence-corrected chi connectivity index (χ0v) is 16.6. The molecule has 1 atom stereocenters. The molecule has 2 amide bonds. The Hall–Kier alpha value is -2.35. The number of ether oxygens (including phenoxy) is 1. The second-order valence-corrected chi connectivity index (χ2v) is 8.38. The monoisotopic (exact) mass is 405 g/mol. The third-order valence-corrected chi connectivity index (χ3v) is 6.24. The maximum atomic E-state index is 12.8. The van der Waals surface area contributed by atoms with Crippen LogP contribution < -0.4 is 10.1 Å². The van der Waals surface area contributed by atoms with Crippen molar-refractivity contribution in [2.75, 3.05) is 38.6 Å². The Morgan fingerprint density at radius 2 is 2.14 bits per heavy atom. The van der Waals surface area contributed by atoms with Crippen LogP contribution in [0.1, 0.15) is 19.3 Å². The molecule has 0 bridgehead atoms. The van der Waals surface area contributed by atoms with Gasteiger partial charge in [-0.3, -0.25) is 9.59 Å². The SMILES string of the molecule is C=CC(=O)N1CC2(CC(C(=O)N3CC[C@H](Nc4ncc(Cl)c(OC)n4)C3)C2)C1. The van der Waals surface area contributed by atoms with Crippen molar-refractivity contribution in [3.63, 3.8) is 0 Å². The second kappa shape index (κ2) is 7.24. The molecule has 3 fully saturated rings. The van der Waals surface area contributed by atoms with Crippen molar-refractivity contribution in [3.05, 3.63) is 23.9 Å². The van der Waals surface area contributed by atoms with Crippen LogP contribution in [0.15, 0.2) is 18.9 Å². The number of hydrogen-bond acceptors (Lipinski definition) is 6. The molecule has 8 nitrogen and oxygen atoms in total. The number of aromatic nitrogens is 2. The largest absolute Gasteiger partial charge is 0.480 e. The number of likely N-dealkylation sites (tertiary alicyclic amines) is 2. The highest BCUT2D eigenvalue weighted by Crippen LogP contribution is 2.52. The van der Waals surface area contributed by atoms with E-state index in [1.165, 1.54) is 19.4 Å². The summed E-state index contributed by atoms with van der Waals surface area (Å²) in [5, 5.41) is 3.62. The van der Waals surface area contributed by atoms with E-state index in [1.54, 1.807) is 4.90 Å². The van der Waals surface area contributed by atoms with E-state index in [0.29, 0.717) is 23.4 Å². The summed E-state index contributed by atoms with van der Waals surface area (Å²) in [5.74, 6) is 1.05. The summed E-state index contributed by atoms with van der Waals surface area (Å²) < 4.78 is 5.11. The normalized spacial score (nSPS) is 23.1. The molecule has 28 heavy (non-hydrogen) atoms. The van der Waals surface area contributed by atoms with E-state index >= 15 is 0 Å². The van der Waals surface area contributed by atoms with Gasteiger partial charge in [0.15, 0.2) is 0 Å². The predicted octanol–water partition coefficient (Wildman–Crippen LogP) is 1.58. The first-order chi connectivity index (χ1) is 13.4. The topological polar surface area (TPSA) is 87.7 Å². The molecule has 1 N–H and O–H groups in total. The average molecular weight is 406 g/mol. The molecule has 0 aromatic carbocycles. The number of methoxy groups -OCH3 is 1. The van der Waals surface area contributed by atoms with E-state index in [2.05, 4.69) is 21.9 Å². The third-order valence-electron chi connectivity index (χ3n) is 5.99. The number of halogens is 1. The minimum absolute atomic E-state index is 0.0186. The molecular weight excluding hydrogens is 382 g/mol. The first-order valence-electron chi connectivity index (χ1n) is 9.46. The number of amides is 2. The highest BCUT2D eigenvalue weighted by Gasteiger charge is 2.56. The van der Waals surface area contributed by atoms with Gasteiger partial charge >= 0.3 is 0 Å². The molecule has 150 valence electrons. The fourth-order valence-corrected chi connectivity index (χ4v) is 4.72. The van der Waals surface area contributed by atoms with E-state index in [0.717, 1.165) is 38.9 Å². The molecule has 4 rings (SSSR count). The van der Waals surface area contributed by atoms with Crippen molar-refractivity contribution in [3.8, 4) is 5.88 Å². The van der Waals surface area contributed by atoms with Gasteiger partial charge in [-0.2, -0.15) is 4.98 Å². The second-order valence-electron chi connectivity index (χ2n) is 7.97. The number of rotatable bonds is 5. The summed E-state index contributed by atoms with van der Waals surface area (Å²) in [7, 11) is 1.51. The van der Waals surface area contributed by atoms with Gasteiger partial charge in [-0.1, -0.05) is 18.2 Å². The Bertz CT molecular complexity index is 803. The lowest BCUT2D eigenvalue weighted by atomic mass is 9.57. The van der Waals surface area contributed by atoms with E-state index in [4.69, 9.17) is 16.3 Å². The average Bonchev–Trinajstić information content (AvgIpc) is 3.09. The zero-order valence-electron chi connectivity index (χ0n) is 15.9. The molecular formula is C19H24ClN5O3. The van der Waals surface area contributed by atoms with E-state index in [-0.39, 0.29) is 29.2 Å². The number of carbonyl (C=O) groups excluding carboxylic acids is 2. The molecule has 1 spiro atoms. The summed E-state index contributed by atoms with van der Waals surface area (Å²) >= 11 is 5.95. The maximum Gasteiger partial charge on any atom is 0.245 e. The lowest BCUT2D eigenvalue weighted by molar-refractivity contribution is -0.160. The molecule has 2 saturated heterocycles. The molecule has 1 aliphatic carbocycles. The Morgan fingerprint density at radius 3 is 2.82 bits per heavy atom. The van der Waals surface area contributed by atoms with Crippen molar-refractivity contribution in [1.82, 2.24) is 19.8 Å². The summed E-state index contributed by atoms with van der Waals surface area (Å²) in [6.07, 6.45) is 5.45. The van der Waals surface area contributed by atoms with Crippen LogP contribution in [0.3, 0.4) is 0 Å². The Morgan fingerprint density at radius 1 is 1.39 bits per heavy atom. The Balaban J connectivity index is 1.26. The number of carbonyl (C=O) groups is 2. The van der Waals surface area contributed by atoms with Gasteiger partial charge < -0.3 is 19.9 Å². The van der Waals surface area contributed by atoms with Gasteiger partial charge in [-0.05, 0) is 25.3 Å². The smallest absolute Gasteiger partial charge is 0.245 e. The Kier molecular flexibility index (Phi) is 4.91. The molecule has 3 aliphatic rings. The summed E-state index contributed by atoms with van der Waals surface area (Å²) in [4.78, 5) is 36.5. The van der Waals surface area contributed by atoms with Gasteiger partial charge in [0, 0.05) is 43.6 Å². The number of hydrogen-bond donors (Lipinski definition) is 1. The lowest BCUT2D eigenvalue weighted by Gasteiger charge is -2.58. The quantitative estimate of drug-likeness (QED) is 0.748. The van der Waals surface area contributed by atoms with Crippen molar-refractivity contribution in [2.24, 2.45) is 11.3 Å². The molecule has 0 radical (unpaired) electrons. The zero-order chi connectivity index (χ0) is 19.9. The van der Waals surface area contributed by atoms with Crippen LogP contribution in [0.4, 0.5) is 5.95 Å². The molecule has 0 unspecified atom stereocenters. The van der Waals surface area contributed by atoms with Crippen LogP contribution in [-0.4, -0.2) is 70.9 Å². The highest BCUT2D eigenvalue weighted by molar-refractivity contribution is 6.31. The maximum absolute atomic E-state index is 12.8. The van der Waals surface area contributed by atoms with Gasteiger partial charge in [-0.15, -0.1) is 0 Å². The first-order valence-corrected chi connectivity index (χ1v) is 9.84. The number of nitrogens with zero attached hydrogens (tertiary/aromatic N) is 4. The van der Waals surface area contributed by atoms with Crippen LogP contribution >= 0.6 is 11.6 Å². The molecule has 2 aliphatic heterocycles. The lowest BCUT2D eigenvalue weighted by Crippen LogP contribution is -2.65. The first kappa shape index (κ1) is 19.0. The fourth-order valence-electron chi connectivity index (χ4n) is 4.55. The van der Waals surface area contributed by atoms with E-state index in [9.17, 15) is 9.59 Å². The van der Waals surface area contributed by atoms with Crippen LogP contribution in [0.25, 0.3) is 0 Å². The fraction of sp³-hybridized carbons (Fsp3) is 0.579. The molecule has 1 saturated carbocycles. The van der Waals surface area contributed by atoms with E-state index in [1.807, 2.05) is 4.90 Å². The van der Waals surface area contributed by atoms with Gasteiger partial charge in [0.05, 0.1) is 13.3 Å². The molecule has 1 aromatic heterocycles. The molecule has 9 heteroatoms. The number of nitrogens with one attached hydrogen (secondary N) is 1. The van der Waals surface area contributed by atoms with Crippen LogP contribution in [0.5, 0.6) is 5.88 Å². The minimum atomic E-state index is -0.0186. The van der Waals surface area contributed by atoms with Crippen LogP contribution in [0.2, 0.25) is 5.02 Å². The summed E-state index contributed by atoms with van der Waals surface area (Å²) in [6, 6.07) is 0.105. The molecule has 1 aromatic rings. The van der Waals surface area contributed by atoms with E-state index < -0.39 is 0 Å². The Labute approximate surface area is 168 Å². The van der Waals surface area contributed by atoms with Gasteiger partial charge in [-0.25, -0.2) is 4.98 Å².